The van der Waals surface area contributed by atoms with Crippen molar-refractivity contribution < 1.29 is 14.8 Å². The average molecular weight is 291 g/mol. The molecule has 0 heterocycles. The fraction of sp³-hybridized carbons (Fsp3) is 0. The Morgan fingerprint density at radius 3 is 0.857 bits per heavy atom. The minimum Gasteiger partial charge on any atom is -0.258 e. The summed E-state index contributed by atoms with van der Waals surface area (Å²) >= 11 is 0. The Morgan fingerprint density at radius 1 is 0.524 bits per heavy atom. The fourth-order valence-electron chi connectivity index (χ4n) is 1.28. The lowest BCUT2D eigenvalue weighted by molar-refractivity contribution is -0.403. The summed E-state index contributed by atoms with van der Waals surface area (Å²) < 4.78 is 0. The van der Waals surface area contributed by atoms with Gasteiger partial charge in [0.15, 0.2) is 0 Å². The first-order valence-electron chi connectivity index (χ1n) is 5.50. The van der Waals surface area contributed by atoms with E-state index in [1.807, 2.05) is 36.4 Å². The molecule has 9 heteroatoms. The van der Waals surface area contributed by atoms with Gasteiger partial charge >= 0.3 is 0 Å². The zero-order valence-corrected chi connectivity index (χ0v) is 10.5. The van der Waals surface area contributed by atoms with Crippen LogP contribution >= 0.6 is 0 Å². The standard InChI is InChI=1S/C6H3N3O6.C6H6/c10-7(11)4-1-5(8(12)13)3-6(2-4)9(14)15;1-2-4-6-5-3-1/h1-3H;1-6H. The molecule has 2 aromatic rings. The summed E-state index contributed by atoms with van der Waals surface area (Å²) in [5, 5.41) is 30.9. The van der Waals surface area contributed by atoms with Crippen LogP contribution in [0.3, 0.4) is 0 Å². The molecule has 108 valence electrons. The van der Waals surface area contributed by atoms with Gasteiger partial charge in [0.2, 0.25) is 0 Å². The minimum atomic E-state index is -0.931. The molecule has 0 saturated heterocycles. The van der Waals surface area contributed by atoms with Crippen molar-refractivity contribution in [3.05, 3.63) is 84.9 Å². The third-order valence-corrected chi connectivity index (χ3v) is 2.19. The Labute approximate surface area is 117 Å². The lowest BCUT2D eigenvalue weighted by atomic mass is 10.2. The monoisotopic (exact) mass is 291 g/mol. The van der Waals surface area contributed by atoms with Crippen molar-refractivity contribution in [1.29, 1.82) is 0 Å². The molecule has 0 unspecified atom stereocenters. The molecule has 0 amide bonds. The van der Waals surface area contributed by atoms with Crippen molar-refractivity contribution in [2.75, 3.05) is 0 Å². The molecule has 0 aliphatic rings. The Bertz CT molecular complexity index is 554. The van der Waals surface area contributed by atoms with Crippen molar-refractivity contribution in [1.82, 2.24) is 0 Å². The lowest BCUT2D eigenvalue weighted by Crippen LogP contribution is -1.96. The van der Waals surface area contributed by atoms with Gasteiger partial charge in [-0.05, 0) is 0 Å². The van der Waals surface area contributed by atoms with Crippen LogP contribution in [0.5, 0.6) is 0 Å². The predicted molar refractivity (Wildman–Crippen MR) is 72.8 cm³/mol. The summed E-state index contributed by atoms with van der Waals surface area (Å²) in [5.74, 6) is 0. The van der Waals surface area contributed by atoms with E-state index in [4.69, 9.17) is 0 Å². The Morgan fingerprint density at radius 2 is 0.714 bits per heavy atom. The van der Waals surface area contributed by atoms with Gasteiger partial charge in [0.05, 0.1) is 33.0 Å². The maximum atomic E-state index is 10.3. The van der Waals surface area contributed by atoms with Crippen LogP contribution in [-0.4, -0.2) is 14.8 Å². The quantitative estimate of drug-likeness (QED) is 0.630. The number of benzene rings is 2. The third-order valence-electron chi connectivity index (χ3n) is 2.19. The SMILES string of the molecule is O=[N+]([O-])c1cc([N+](=O)[O-])cc([N+](=O)[O-])c1.c1ccccc1. The Kier molecular flexibility index (Phi) is 5.44. The highest BCUT2D eigenvalue weighted by Gasteiger charge is 2.21. The van der Waals surface area contributed by atoms with E-state index in [0.717, 1.165) is 0 Å². The van der Waals surface area contributed by atoms with Gasteiger partial charge < -0.3 is 0 Å². The van der Waals surface area contributed by atoms with Gasteiger partial charge in [0, 0.05) is 0 Å². The third kappa shape index (κ3) is 5.03. The molecule has 2 rings (SSSR count). The van der Waals surface area contributed by atoms with Gasteiger partial charge in [-0.1, -0.05) is 36.4 Å². The van der Waals surface area contributed by atoms with Crippen LogP contribution in [0.4, 0.5) is 17.1 Å². The average Bonchev–Trinajstić information content (AvgIpc) is 2.49. The maximum Gasteiger partial charge on any atom is 0.283 e. The van der Waals surface area contributed by atoms with E-state index < -0.39 is 31.8 Å². The molecule has 0 aliphatic heterocycles. The van der Waals surface area contributed by atoms with Crippen LogP contribution < -0.4 is 0 Å². The van der Waals surface area contributed by atoms with Gasteiger partial charge in [-0.25, -0.2) is 0 Å². The molecular weight excluding hydrogens is 282 g/mol. The normalized spacial score (nSPS) is 9.14. The number of hydrogen-bond donors (Lipinski definition) is 0. The molecule has 0 bridgehead atoms. The maximum absolute atomic E-state index is 10.3. The molecular formula is C12H9N3O6. The largest absolute Gasteiger partial charge is 0.283 e. The first-order chi connectivity index (χ1) is 9.91. The molecule has 0 N–H and O–H groups in total. The summed E-state index contributed by atoms with van der Waals surface area (Å²) in [5.41, 5.74) is -2.05. The fourth-order valence-corrected chi connectivity index (χ4v) is 1.28. The Balaban J connectivity index is 0.000000304. The van der Waals surface area contributed by atoms with E-state index in [1.54, 1.807) is 0 Å². The molecule has 0 atom stereocenters. The summed E-state index contributed by atoms with van der Waals surface area (Å²) in [6, 6.07) is 14.0. The zero-order chi connectivity index (χ0) is 15.8. The van der Waals surface area contributed by atoms with Gasteiger partial charge in [0.25, 0.3) is 17.1 Å². The zero-order valence-electron chi connectivity index (χ0n) is 10.5. The highest BCUT2D eigenvalue weighted by molar-refractivity contribution is 5.52. The van der Waals surface area contributed by atoms with Crippen molar-refractivity contribution in [2.45, 2.75) is 0 Å². The topological polar surface area (TPSA) is 129 Å². The molecule has 0 radical (unpaired) electrons. The minimum absolute atomic E-state index is 0.660. The molecule has 0 aromatic heterocycles. The van der Waals surface area contributed by atoms with E-state index in [0.29, 0.717) is 18.2 Å². The van der Waals surface area contributed by atoms with Crippen LogP contribution in [0.25, 0.3) is 0 Å². The predicted octanol–water partition coefficient (Wildman–Crippen LogP) is 3.10. The highest BCUT2D eigenvalue weighted by Crippen LogP contribution is 2.26. The smallest absolute Gasteiger partial charge is 0.258 e. The second kappa shape index (κ2) is 7.28. The van der Waals surface area contributed by atoms with Crippen molar-refractivity contribution in [2.24, 2.45) is 0 Å². The molecule has 21 heavy (non-hydrogen) atoms. The van der Waals surface area contributed by atoms with E-state index in [1.165, 1.54) is 0 Å². The van der Waals surface area contributed by atoms with Crippen LogP contribution in [0.2, 0.25) is 0 Å². The number of nitro benzene ring substituents is 3. The van der Waals surface area contributed by atoms with E-state index in [2.05, 4.69) is 0 Å². The molecule has 0 saturated carbocycles. The number of nitrogens with zero attached hydrogens (tertiary/aromatic N) is 3. The Hall–Kier alpha value is -3.36. The number of non-ortho nitro benzene ring substituents is 3. The first kappa shape index (κ1) is 15.7. The molecule has 0 fully saturated rings. The van der Waals surface area contributed by atoms with E-state index in [-0.39, 0.29) is 0 Å². The summed E-state index contributed by atoms with van der Waals surface area (Å²) in [6.07, 6.45) is 0. The van der Waals surface area contributed by atoms with Gasteiger partial charge in [-0.15, -0.1) is 0 Å². The van der Waals surface area contributed by atoms with Crippen LogP contribution in [-0.2, 0) is 0 Å². The summed E-state index contributed by atoms with van der Waals surface area (Å²) in [6.45, 7) is 0. The molecule has 0 spiro atoms. The number of nitro groups is 3. The number of hydrogen-bond acceptors (Lipinski definition) is 6. The highest BCUT2D eigenvalue weighted by atomic mass is 16.6. The lowest BCUT2D eigenvalue weighted by Gasteiger charge is -1.93. The number of rotatable bonds is 3. The van der Waals surface area contributed by atoms with Crippen molar-refractivity contribution in [3.8, 4) is 0 Å². The molecule has 9 nitrogen and oxygen atoms in total. The van der Waals surface area contributed by atoms with Gasteiger partial charge in [0.1, 0.15) is 0 Å². The molecule has 2 aromatic carbocycles. The van der Waals surface area contributed by atoms with E-state index in [9.17, 15) is 30.3 Å². The van der Waals surface area contributed by atoms with Crippen LogP contribution in [0.1, 0.15) is 0 Å². The molecule has 0 aliphatic carbocycles. The van der Waals surface area contributed by atoms with Gasteiger partial charge in [-0.3, -0.25) is 30.3 Å². The second-order valence-corrected chi connectivity index (χ2v) is 3.63. The first-order valence-corrected chi connectivity index (χ1v) is 5.50. The van der Waals surface area contributed by atoms with Crippen molar-refractivity contribution in [3.63, 3.8) is 0 Å². The summed E-state index contributed by atoms with van der Waals surface area (Å²) in [7, 11) is 0. The van der Waals surface area contributed by atoms with Crippen LogP contribution in [0.15, 0.2) is 54.6 Å². The van der Waals surface area contributed by atoms with Crippen LogP contribution in [0, 0.1) is 30.3 Å². The van der Waals surface area contributed by atoms with E-state index >= 15 is 0 Å². The van der Waals surface area contributed by atoms with Crippen molar-refractivity contribution >= 4 is 17.1 Å². The summed E-state index contributed by atoms with van der Waals surface area (Å²) in [4.78, 5) is 28.1. The van der Waals surface area contributed by atoms with Gasteiger partial charge in [-0.2, -0.15) is 0 Å². The second-order valence-electron chi connectivity index (χ2n) is 3.63.